The zero-order valence-electron chi connectivity index (χ0n) is 21.4. The molecule has 1 aliphatic rings. The highest BCUT2D eigenvalue weighted by Gasteiger charge is 2.51. The SMILES string of the molecule is CC(C)(C)OC(=O)C(C)(C)NC(=O)Cn1nc(-c2nc(C3(c4ccc(F)cc4Cl)CC3)no2)cc1C(F)F. The Morgan fingerprint density at radius 2 is 1.89 bits per heavy atom. The Labute approximate surface area is 221 Å². The summed E-state index contributed by atoms with van der Waals surface area (Å²) in [6.07, 6.45) is -1.68. The van der Waals surface area contributed by atoms with Crippen molar-refractivity contribution in [1.82, 2.24) is 25.2 Å². The van der Waals surface area contributed by atoms with Gasteiger partial charge >= 0.3 is 5.97 Å². The van der Waals surface area contributed by atoms with Crippen LogP contribution in [0.1, 0.15) is 71.0 Å². The lowest BCUT2D eigenvalue weighted by atomic mass is 9.95. The lowest BCUT2D eigenvalue weighted by Crippen LogP contribution is -2.53. The third-order valence-corrected chi connectivity index (χ3v) is 6.27. The van der Waals surface area contributed by atoms with Crippen LogP contribution in [0.25, 0.3) is 11.6 Å². The van der Waals surface area contributed by atoms with E-state index in [1.54, 1.807) is 26.8 Å². The molecule has 0 aliphatic heterocycles. The summed E-state index contributed by atoms with van der Waals surface area (Å²) in [6, 6.07) is 5.10. The van der Waals surface area contributed by atoms with Crippen molar-refractivity contribution in [3.8, 4) is 11.6 Å². The highest BCUT2D eigenvalue weighted by Crippen LogP contribution is 2.54. The van der Waals surface area contributed by atoms with Gasteiger partial charge in [0, 0.05) is 5.02 Å². The Bertz CT molecular complexity index is 1380. The molecule has 204 valence electrons. The Morgan fingerprint density at radius 3 is 2.47 bits per heavy atom. The Kier molecular flexibility index (Phi) is 7.06. The normalized spacial score (nSPS) is 15.0. The standard InChI is InChI=1S/C25H27ClF3N5O4/c1-23(2,3)37-22(36)24(4,5)31-18(35)12-34-17(19(28)29)11-16(32-34)20-30-21(33-38-20)25(8-9-25)14-7-6-13(27)10-15(14)26/h6-7,10-11,19H,8-9,12H2,1-5H3,(H,31,35). The quantitative estimate of drug-likeness (QED) is 0.391. The number of carbonyl (C=O) groups excluding carboxylic acids is 2. The first-order chi connectivity index (χ1) is 17.6. The van der Waals surface area contributed by atoms with Crippen LogP contribution in [0.2, 0.25) is 5.02 Å². The van der Waals surface area contributed by atoms with Gasteiger partial charge in [0.2, 0.25) is 5.91 Å². The van der Waals surface area contributed by atoms with Gasteiger partial charge in [-0.05, 0) is 71.2 Å². The summed E-state index contributed by atoms with van der Waals surface area (Å²) in [7, 11) is 0. The second-order valence-corrected chi connectivity index (χ2v) is 11.1. The monoisotopic (exact) mass is 553 g/mol. The molecule has 0 spiro atoms. The van der Waals surface area contributed by atoms with Crippen LogP contribution in [-0.2, 0) is 26.3 Å². The number of aromatic nitrogens is 4. The molecule has 0 saturated heterocycles. The van der Waals surface area contributed by atoms with Gasteiger partial charge in [0.25, 0.3) is 12.3 Å². The molecule has 4 rings (SSSR count). The molecule has 1 fully saturated rings. The van der Waals surface area contributed by atoms with Gasteiger partial charge in [-0.1, -0.05) is 22.8 Å². The average molecular weight is 554 g/mol. The molecule has 9 nitrogen and oxygen atoms in total. The predicted octanol–water partition coefficient (Wildman–Crippen LogP) is 4.98. The van der Waals surface area contributed by atoms with Crippen molar-refractivity contribution in [3.05, 3.63) is 52.2 Å². The zero-order valence-corrected chi connectivity index (χ0v) is 22.2. The number of ether oxygens (including phenoxy) is 1. The third kappa shape index (κ3) is 5.69. The highest BCUT2D eigenvalue weighted by atomic mass is 35.5. The van der Waals surface area contributed by atoms with Gasteiger partial charge < -0.3 is 14.6 Å². The van der Waals surface area contributed by atoms with Gasteiger partial charge in [-0.2, -0.15) is 10.1 Å². The van der Waals surface area contributed by atoms with E-state index in [4.69, 9.17) is 20.9 Å². The smallest absolute Gasteiger partial charge is 0.331 e. The van der Waals surface area contributed by atoms with Crippen molar-refractivity contribution in [2.75, 3.05) is 0 Å². The first-order valence-electron chi connectivity index (χ1n) is 11.8. The number of hydrogen-bond donors (Lipinski definition) is 1. The molecule has 1 saturated carbocycles. The number of carbonyl (C=O) groups is 2. The van der Waals surface area contributed by atoms with Crippen LogP contribution in [0, 0.1) is 5.82 Å². The fourth-order valence-electron chi connectivity index (χ4n) is 3.96. The summed E-state index contributed by atoms with van der Waals surface area (Å²) >= 11 is 6.24. The number of benzene rings is 1. The average Bonchev–Trinajstić information content (AvgIpc) is 3.22. The molecule has 2 aromatic heterocycles. The van der Waals surface area contributed by atoms with E-state index >= 15 is 0 Å². The van der Waals surface area contributed by atoms with Crippen molar-refractivity contribution in [1.29, 1.82) is 0 Å². The summed E-state index contributed by atoms with van der Waals surface area (Å²) in [6.45, 7) is 7.36. The van der Waals surface area contributed by atoms with E-state index in [1.165, 1.54) is 26.0 Å². The molecular formula is C25H27ClF3N5O4. The molecular weight excluding hydrogens is 527 g/mol. The van der Waals surface area contributed by atoms with Crippen molar-refractivity contribution in [2.24, 2.45) is 0 Å². The van der Waals surface area contributed by atoms with E-state index in [9.17, 15) is 22.8 Å². The van der Waals surface area contributed by atoms with E-state index in [-0.39, 0.29) is 22.4 Å². The van der Waals surface area contributed by atoms with Crippen LogP contribution in [0.4, 0.5) is 13.2 Å². The van der Waals surface area contributed by atoms with Gasteiger partial charge in [-0.3, -0.25) is 9.48 Å². The molecule has 1 aromatic carbocycles. The lowest BCUT2D eigenvalue weighted by Gasteiger charge is -2.29. The molecule has 13 heteroatoms. The van der Waals surface area contributed by atoms with Gasteiger partial charge in [0.15, 0.2) is 11.5 Å². The lowest BCUT2D eigenvalue weighted by molar-refractivity contribution is -0.163. The molecule has 0 radical (unpaired) electrons. The summed E-state index contributed by atoms with van der Waals surface area (Å²) in [4.78, 5) is 29.4. The number of nitrogens with one attached hydrogen (secondary N) is 1. The summed E-state index contributed by atoms with van der Waals surface area (Å²) in [5.41, 5.74) is -2.83. The fourth-order valence-corrected chi connectivity index (χ4v) is 4.30. The van der Waals surface area contributed by atoms with E-state index in [2.05, 4.69) is 20.6 Å². The number of esters is 1. The Balaban J connectivity index is 1.54. The van der Waals surface area contributed by atoms with Crippen molar-refractivity contribution >= 4 is 23.5 Å². The summed E-state index contributed by atoms with van der Waals surface area (Å²) in [5.74, 6) is -1.74. The largest absolute Gasteiger partial charge is 0.458 e. The maximum Gasteiger partial charge on any atom is 0.331 e. The second-order valence-electron chi connectivity index (χ2n) is 10.7. The number of amides is 1. The van der Waals surface area contributed by atoms with E-state index in [0.29, 0.717) is 18.4 Å². The van der Waals surface area contributed by atoms with Crippen LogP contribution >= 0.6 is 11.6 Å². The van der Waals surface area contributed by atoms with Crippen LogP contribution < -0.4 is 5.32 Å². The van der Waals surface area contributed by atoms with Crippen molar-refractivity contribution in [2.45, 2.75) is 77.0 Å². The van der Waals surface area contributed by atoms with Gasteiger partial charge in [-0.25, -0.2) is 18.0 Å². The second kappa shape index (κ2) is 9.72. The molecule has 38 heavy (non-hydrogen) atoms. The molecule has 3 aromatic rings. The van der Waals surface area contributed by atoms with E-state index < -0.39 is 52.9 Å². The molecule has 1 amide bonds. The van der Waals surface area contributed by atoms with Crippen molar-refractivity contribution < 1.29 is 32.0 Å². The van der Waals surface area contributed by atoms with Crippen LogP contribution in [0.5, 0.6) is 0 Å². The predicted molar refractivity (Wildman–Crippen MR) is 130 cm³/mol. The molecule has 0 bridgehead atoms. The molecule has 1 aliphatic carbocycles. The molecule has 2 heterocycles. The Hall–Kier alpha value is -3.41. The number of halogens is 4. The minimum absolute atomic E-state index is 0.0562. The van der Waals surface area contributed by atoms with Crippen LogP contribution in [0.15, 0.2) is 28.8 Å². The molecule has 0 unspecified atom stereocenters. The molecule has 0 atom stereocenters. The van der Waals surface area contributed by atoms with Gasteiger partial charge in [-0.15, -0.1) is 0 Å². The van der Waals surface area contributed by atoms with Gasteiger partial charge in [0.05, 0.1) is 5.41 Å². The highest BCUT2D eigenvalue weighted by molar-refractivity contribution is 6.31. The van der Waals surface area contributed by atoms with Crippen molar-refractivity contribution in [3.63, 3.8) is 0 Å². The summed E-state index contributed by atoms with van der Waals surface area (Å²) in [5, 5.41) is 10.8. The minimum atomic E-state index is -2.96. The molecule has 1 N–H and O–H groups in total. The number of rotatable bonds is 8. The van der Waals surface area contributed by atoms with E-state index in [0.717, 1.165) is 10.7 Å². The topological polar surface area (TPSA) is 112 Å². The maximum atomic E-state index is 13.8. The Morgan fingerprint density at radius 1 is 1.21 bits per heavy atom. The number of hydrogen-bond acceptors (Lipinski definition) is 7. The van der Waals surface area contributed by atoms with E-state index in [1.807, 2.05) is 0 Å². The zero-order chi connectivity index (χ0) is 28.0. The van der Waals surface area contributed by atoms with Crippen LogP contribution in [-0.4, -0.2) is 42.9 Å². The first-order valence-corrected chi connectivity index (χ1v) is 12.2. The first kappa shape index (κ1) is 27.6. The third-order valence-electron chi connectivity index (χ3n) is 5.96. The fraction of sp³-hybridized carbons (Fsp3) is 0.480. The maximum absolute atomic E-state index is 13.8. The van der Waals surface area contributed by atoms with Crippen LogP contribution in [0.3, 0.4) is 0 Å². The number of alkyl halides is 2. The summed E-state index contributed by atoms with van der Waals surface area (Å²) < 4.78 is 52.5. The van der Waals surface area contributed by atoms with Gasteiger partial charge in [0.1, 0.15) is 29.2 Å². The minimum Gasteiger partial charge on any atom is -0.458 e. The number of nitrogens with zero attached hydrogens (tertiary/aromatic N) is 4.